The third-order valence-corrected chi connectivity index (χ3v) is 4.55. The van der Waals surface area contributed by atoms with Crippen molar-refractivity contribution in [2.45, 2.75) is 57.6 Å². The van der Waals surface area contributed by atoms with E-state index in [1.165, 1.54) is 12.1 Å². The second-order valence-electron chi connectivity index (χ2n) is 7.72. The molecule has 1 aliphatic rings. The van der Waals surface area contributed by atoms with Crippen LogP contribution in [0.1, 0.15) is 56.8 Å². The summed E-state index contributed by atoms with van der Waals surface area (Å²) < 4.78 is 5.23. The molecule has 0 unspecified atom stereocenters. The highest BCUT2D eigenvalue weighted by molar-refractivity contribution is 6.31. The largest absolute Gasteiger partial charge is 0.444 e. The maximum atomic E-state index is 12.7. The van der Waals surface area contributed by atoms with Crippen LogP contribution in [0.5, 0.6) is 0 Å². The van der Waals surface area contributed by atoms with E-state index in [-0.39, 0.29) is 22.8 Å². The zero-order valence-electron chi connectivity index (χ0n) is 15.6. The molecular weight excluding hydrogens is 374 g/mol. The predicted molar refractivity (Wildman–Crippen MR) is 101 cm³/mol. The zero-order valence-corrected chi connectivity index (χ0v) is 16.4. The van der Waals surface area contributed by atoms with Crippen molar-refractivity contribution >= 4 is 29.3 Å². The molecule has 0 saturated heterocycles. The Bertz CT molecular complexity index is 739. The first-order valence-corrected chi connectivity index (χ1v) is 9.12. The molecule has 0 atom stereocenters. The average molecular weight is 398 g/mol. The molecule has 0 aliphatic heterocycles. The van der Waals surface area contributed by atoms with E-state index in [0.29, 0.717) is 12.8 Å². The molecule has 1 aliphatic carbocycles. The van der Waals surface area contributed by atoms with Crippen molar-refractivity contribution in [3.63, 3.8) is 0 Å². The Labute approximate surface area is 162 Å². The van der Waals surface area contributed by atoms with E-state index in [1.54, 1.807) is 20.8 Å². The summed E-state index contributed by atoms with van der Waals surface area (Å²) in [5.74, 6) is -0.564. The van der Waals surface area contributed by atoms with Gasteiger partial charge in [-0.15, -0.1) is 0 Å². The van der Waals surface area contributed by atoms with Crippen molar-refractivity contribution in [2.24, 2.45) is 0 Å². The number of nitrogens with zero attached hydrogens (tertiary/aromatic N) is 1. The van der Waals surface area contributed by atoms with Gasteiger partial charge in [0, 0.05) is 17.6 Å². The number of nitro benzene ring substituents is 1. The molecule has 27 heavy (non-hydrogen) atoms. The molecule has 0 aromatic heterocycles. The van der Waals surface area contributed by atoms with Gasteiger partial charge in [-0.3, -0.25) is 14.9 Å². The normalized spacial score (nSPS) is 15.9. The predicted octanol–water partition coefficient (Wildman–Crippen LogP) is 3.82. The molecule has 0 heterocycles. The number of alkyl carbamates (subject to hydrolysis) is 1. The molecule has 1 fully saturated rings. The van der Waals surface area contributed by atoms with Gasteiger partial charge in [0.2, 0.25) is 0 Å². The van der Waals surface area contributed by atoms with Crippen LogP contribution in [0.2, 0.25) is 5.02 Å². The molecular formula is C18H24ClN3O5. The van der Waals surface area contributed by atoms with E-state index in [4.69, 9.17) is 16.3 Å². The summed E-state index contributed by atoms with van der Waals surface area (Å²) in [6, 6.07) is 3.92. The van der Waals surface area contributed by atoms with E-state index in [0.717, 1.165) is 18.9 Å². The minimum absolute atomic E-state index is 0.0621. The molecule has 1 aromatic carbocycles. The third-order valence-electron chi connectivity index (χ3n) is 4.31. The number of halogens is 1. The van der Waals surface area contributed by atoms with E-state index in [1.807, 2.05) is 0 Å². The number of hydrogen-bond donors (Lipinski definition) is 2. The smallest absolute Gasteiger partial charge is 0.407 e. The summed E-state index contributed by atoms with van der Waals surface area (Å²) in [4.78, 5) is 35.3. The summed E-state index contributed by atoms with van der Waals surface area (Å²) in [5, 5.41) is 17.0. The van der Waals surface area contributed by atoms with E-state index < -0.39 is 28.1 Å². The first kappa shape index (κ1) is 21.0. The lowest BCUT2D eigenvalue weighted by molar-refractivity contribution is -0.385. The van der Waals surface area contributed by atoms with E-state index >= 15 is 0 Å². The van der Waals surface area contributed by atoms with Gasteiger partial charge in [0.15, 0.2) is 0 Å². The van der Waals surface area contributed by atoms with Crippen LogP contribution < -0.4 is 10.6 Å². The molecule has 1 saturated carbocycles. The van der Waals surface area contributed by atoms with Crippen LogP contribution in [-0.4, -0.2) is 34.6 Å². The Morgan fingerprint density at radius 1 is 1.30 bits per heavy atom. The number of carbonyl (C=O) groups is 2. The Kier molecular flexibility index (Phi) is 6.30. The maximum absolute atomic E-state index is 12.7. The van der Waals surface area contributed by atoms with Crippen LogP contribution in [-0.2, 0) is 4.74 Å². The van der Waals surface area contributed by atoms with Crippen LogP contribution in [0, 0.1) is 10.1 Å². The van der Waals surface area contributed by atoms with Crippen molar-refractivity contribution in [1.82, 2.24) is 10.6 Å². The Morgan fingerprint density at radius 3 is 2.48 bits per heavy atom. The number of carbonyl (C=O) groups excluding carboxylic acids is 2. The number of nitrogens with one attached hydrogen (secondary N) is 2. The lowest BCUT2D eigenvalue weighted by Gasteiger charge is -2.31. The fourth-order valence-corrected chi connectivity index (χ4v) is 3.28. The lowest BCUT2D eigenvalue weighted by atomic mass is 9.96. The van der Waals surface area contributed by atoms with Gasteiger partial charge in [-0.2, -0.15) is 0 Å². The summed E-state index contributed by atoms with van der Waals surface area (Å²) in [5.41, 5.74) is -1.71. The van der Waals surface area contributed by atoms with Crippen molar-refractivity contribution in [1.29, 1.82) is 0 Å². The van der Waals surface area contributed by atoms with Gasteiger partial charge in [-0.1, -0.05) is 24.4 Å². The Hall–Kier alpha value is -2.35. The number of ether oxygens (including phenoxy) is 1. The van der Waals surface area contributed by atoms with E-state index in [9.17, 15) is 19.7 Å². The molecule has 0 radical (unpaired) electrons. The van der Waals surface area contributed by atoms with E-state index in [2.05, 4.69) is 10.6 Å². The monoisotopic (exact) mass is 397 g/mol. The molecule has 0 spiro atoms. The van der Waals surface area contributed by atoms with Gasteiger partial charge in [0.25, 0.3) is 11.6 Å². The minimum Gasteiger partial charge on any atom is -0.444 e. The van der Waals surface area contributed by atoms with Crippen molar-refractivity contribution in [3.05, 3.63) is 38.9 Å². The molecule has 1 aromatic rings. The molecule has 148 valence electrons. The molecule has 8 nitrogen and oxygen atoms in total. The zero-order chi connectivity index (χ0) is 20.2. The SMILES string of the molecule is CC(C)(C)OC(=O)NCC1(NC(=O)c2ccc(Cl)cc2[N+](=O)[O-])CCCC1. The van der Waals surface area contributed by atoms with Crippen LogP contribution >= 0.6 is 11.6 Å². The number of benzene rings is 1. The van der Waals surface area contributed by atoms with Gasteiger partial charge in [0.05, 0.1) is 10.5 Å². The Balaban J connectivity index is 2.13. The molecule has 2 rings (SSSR count). The third kappa shape index (κ3) is 5.82. The summed E-state index contributed by atoms with van der Waals surface area (Å²) in [7, 11) is 0. The fourth-order valence-electron chi connectivity index (χ4n) is 3.11. The molecule has 2 N–H and O–H groups in total. The van der Waals surface area contributed by atoms with Crippen LogP contribution in [0.15, 0.2) is 18.2 Å². The standard InChI is InChI=1S/C18H24ClN3O5/c1-17(2,3)27-16(24)20-11-18(8-4-5-9-18)21-15(23)13-7-6-12(19)10-14(13)22(25)26/h6-7,10H,4-5,8-9,11H2,1-3H3,(H,20,24)(H,21,23). The highest BCUT2D eigenvalue weighted by atomic mass is 35.5. The Morgan fingerprint density at radius 2 is 1.93 bits per heavy atom. The van der Waals surface area contributed by atoms with Crippen molar-refractivity contribution in [2.75, 3.05) is 6.54 Å². The number of rotatable bonds is 5. The summed E-state index contributed by atoms with van der Waals surface area (Å²) in [6.07, 6.45) is 2.53. The quantitative estimate of drug-likeness (QED) is 0.579. The number of nitro groups is 1. The molecule has 2 amide bonds. The van der Waals surface area contributed by atoms with Crippen molar-refractivity contribution in [3.8, 4) is 0 Å². The summed E-state index contributed by atoms with van der Waals surface area (Å²) in [6.45, 7) is 5.48. The van der Waals surface area contributed by atoms with Crippen LogP contribution in [0.3, 0.4) is 0 Å². The maximum Gasteiger partial charge on any atom is 0.407 e. The number of amides is 2. The van der Waals surface area contributed by atoms with Gasteiger partial charge < -0.3 is 15.4 Å². The van der Waals surface area contributed by atoms with Gasteiger partial charge in [-0.25, -0.2) is 4.79 Å². The minimum atomic E-state index is -0.665. The average Bonchev–Trinajstić information content (AvgIpc) is 3.00. The fraction of sp³-hybridized carbons (Fsp3) is 0.556. The second-order valence-corrected chi connectivity index (χ2v) is 8.15. The van der Waals surface area contributed by atoms with Gasteiger partial charge >= 0.3 is 6.09 Å². The molecule has 0 bridgehead atoms. The topological polar surface area (TPSA) is 111 Å². The van der Waals surface area contributed by atoms with Gasteiger partial charge in [0.1, 0.15) is 11.2 Å². The molecule has 9 heteroatoms. The van der Waals surface area contributed by atoms with Crippen LogP contribution in [0.4, 0.5) is 10.5 Å². The highest BCUT2D eigenvalue weighted by Gasteiger charge is 2.37. The second kappa shape index (κ2) is 8.12. The number of hydrogen-bond acceptors (Lipinski definition) is 5. The first-order valence-electron chi connectivity index (χ1n) is 8.75. The van der Waals surface area contributed by atoms with Crippen molar-refractivity contribution < 1.29 is 19.2 Å². The lowest BCUT2D eigenvalue weighted by Crippen LogP contribution is -2.54. The van der Waals surface area contributed by atoms with Crippen LogP contribution in [0.25, 0.3) is 0 Å². The first-order chi connectivity index (χ1) is 12.5. The highest BCUT2D eigenvalue weighted by Crippen LogP contribution is 2.31. The summed E-state index contributed by atoms with van der Waals surface area (Å²) >= 11 is 5.80. The van der Waals surface area contributed by atoms with Gasteiger partial charge in [-0.05, 0) is 45.7 Å².